The monoisotopic (exact) mass is 296 g/mol. The highest BCUT2D eigenvalue weighted by atomic mass is 35.5. The van der Waals surface area contributed by atoms with Crippen LogP contribution in [0.4, 0.5) is 0 Å². The minimum atomic E-state index is -0.927. The number of carbonyl (C=O) groups is 2. The Labute approximate surface area is 122 Å². The van der Waals surface area contributed by atoms with Crippen LogP contribution in [0.1, 0.15) is 18.1 Å². The van der Waals surface area contributed by atoms with Gasteiger partial charge in [0.1, 0.15) is 0 Å². The van der Waals surface area contributed by atoms with Gasteiger partial charge in [0.25, 0.3) is 0 Å². The average molecular weight is 297 g/mol. The summed E-state index contributed by atoms with van der Waals surface area (Å²) >= 11 is 5.74. The molecular weight excluding hydrogens is 280 g/mol. The standard InChI is InChI=1S/C14H17ClN2O3/c1-2-7-16-14(20)9-17-13(19)8-12(18)10-3-5-11(15)6-4-10/h2-6,12,18H,1,7-9H2,(H,16,20)(H,17,19). The van der Waals surface area contributed by atoms with Crippen molar-refractivity contribution in [1.82, 2.24) is 10.6 Å². The van der Waals surface area contributed by atoms with Gasteiger partial charge in [0.15, 0.2) is 0 Å². The molecule has 0 heterocycles. The van der Waals surface area contributed by atoms with E-state index in [-0.39, 0.29) is 18.9 Å². The van der Waals surface area contributed by atoms with Crippen LogP contribution in [0.15, 0.2) is 36.9 Å². The third-order valence-electron chi connectivity index (χ3n) is 2.52. The van der Waals surface area contributed by atoms with Crippen molar-refractivity contribution >= 4 is 23.4 Å². The van der Waals surface area contributed by atoms with Crippen molar-refractivity contribution in [3.63, 3.8) is 0 Å². The van der Waals surface area contributed by atoms with Gasteiger partial charge in [-0.2, -0.15) is 0 Å². The van der Waals surface area contributed by atoms with Gasteiger partial charge < -0.3 is 15.7 Å². The Morgan fingerprint density at radius 1 is 1.25 bits per heavy atom. The molecule has 1 rings (SSSR count). The van der Waals surface area contributed by atoms with Crippen molar-refractivity contribution in [1.29, 1.82) is 0 Å². The van der Waals surface area contributed by atoms with E-state index in [1.807, 2.05) is 0 Å². The van der Waals surface area contributed by atoms with Crippen molar-refractivity contribution in [3.05, 3.63) is 47.5 Å². The summed E-state index contributed by atoms with van der Waals surface area (Å²) in [5.74, 6) is -0.708. The minimum Gasteiger partial charge on any atom is -0.388 e. The highest BCUT2D eigenvalue weighted by molar-refractivity contribution is 6.30. The fourth-order valence-corrected chi connectivity index (χ4v) is 1.60. The molecule has 0 saturated carbocycles. The van der Waals surface area contributed by atoms with E-state index in [2.05, 4.69) is 17.2 Å². The summed E-state index contributed by atoms with van der Waals surface area (Å²) in [5.41, 5.74) is 0.598. The lowest BCUT2D eigenvalue weighted by atomic mass is 10.1. The molecule has 6 heteroatoms. The lowest BCUT2D eigenvalue weighted by molar-refractivity contribution is -0.127. The van der Waals surface area contributed by atoms with Crippen LogP contribution >= 0.6 is 11.6 Å². The summed E-state index contributed by atoms with van der Waals surface area (Å²) in [4.78, 5) is 22.8. The van der Waals surface area contributed by atoms with Crippen LogP contribution in [0.3, 0.4) is 0 Å². The Morgan fingerprint density at radius 2 is 1.90 bits per heavy atom. The number of aliphatic hydroxyl groups excluding tert-OH is 1. The van der Waals surface area contributed by atoms with E-state index < -0.39 is 12.0 Å². The third kappa shape index (κ3) is 5.86. The highest BCUT2D eigenvalue weighted by Crippen LogP contribution is 2.18. The molecule has 3 N–H and O–H groups in total. The van der Waals surface area contributed by atoms with E-state index in [0.717, 1.165) is 0 Å². The van der Waals surface area contributed by atoms with Gasteiger partial charge >= 0.3 is 0 Å². The van der Waals surface area contributed by atoms with Crippen LogP contribution in [0.5, 0.6) is 0 Å². The lowest BCUT2D eigenvalue weighted by Gasteiger charge is -2.11. The molecule has 0 saturated heterocycles. The molecule has 1 aromatic rings. The first kappa shape index (κ1) is 16.2. The molecule has 0 radical (unpaired) electrons. The van der Waals surface area contributed by atoms with Crippen LogP contribution in [0, 0.1) is 0 Å². The number of nitrogens with one attached hydrogen (secondary N) is 2. The predicted octanol–water partition coefficient (Wildman–Crippen LogP) is 1.18. The molecule has 0 bridgehead atoms. The largest absolute Gasteiger partial charge is 0.388 e. The number of carbonyl (C=O) groups excluding carboxylic acids is 2. The average Bonchev–Trinajstić information content (AvgIpc) is 2.43. The zero-order valence-corrected chi connectivity index (χ0v) is 11.7. The Kier molecular flexibility index (Phi) is 6.76. The van der Waals surface area contributed by atoms with Crippen LogP contribution in [0.25, 0.3) is 0 Å². The van der Waals surface area contributed by atoms with E-state index in [0.29, 0.717) is 17.1 Å². The molecule has 108 valence electrons. The topological polar surface area (TPSA) is 78.4 Å². The highest BCUT2D eigenvalue weighted by Gasteiger charge is 2.13. The van der Waals surface area contributed by atoms with Crippen LogP contribution < -0.4 is 10.6 Å². The summed E-state index contributed by atoms with van der Waals surface area (Å²) in [7, 11) is 0. The van der Waals surface area contributed by atoms with Gasteiger partial charge in [0, 0.05) is 11.6 Å². The van der Waals surface area contributed by atoms with E-state index >= 15 is 0 Å². The third-order valence-corrected chi connectivity index (χ3v) is 2.78. The number of hydrogen-bond donors (Lipinski definition) is 3. The zero-order valence-electron chi connectivity index (χ0n) is 10.9. The predicted molar refractivity (Wildman–Crippen MR) is 77.2 cm³/mol. The molecule has 0 aliphatic rings. The van der Waals surface area contributed by atoms with Gasteiger partial charge in [0.2, 0.25) is 11.8 Å². The second-order valence-corrected chi connectivity index (χ2v) is 4.58. The summed E-state index contributed by atoms with van der Waals surface area (Å²) < 4.78 is 0. The number of rotatable bonds is 7. The summed E-state index contributed by atoms with van der Waals surface area (Å²) in [6.45, 7) is 3.69. The molecule has 5 nitrogen and oxygen atoms in total. The van der Waals surface area contributed by atoms with E-state index in [4.69, 9.17) is 11.6 Å². The Morgan fingerprint density at radius 3 is 2.50 bits per heavy atom. The molecule has 0 aliphatic carbocycles. The first-order chi connectivity index (χ1) is 9.52. The maximum Gasteiger partial charge on any atom is 0.239 e. The second-order valence-electron chi connectivity index (χ2n) is 4.14. The number of benzene rings is 1. The van der Waals surface area contributed by atoms with Crippen molar-refractivity contribution < 1.29 is 14.7 Å². The minimum absolute atomic E-state index is 0.115. The van der Waals surface area contributed by atoms with Gasteiger partial charge in [-0.15, -0.1) is 6.58 Å². The first-order valence-electron chi connectivity index (χ1n) is 6.10. The second kappa shape index (κ2) is 8.35. The lowest BCUT2D eigenvalue weighted by Crippen LogP contribution is -2.37. The summed E-state index contributed by atoms with van der Waals surface area (Å²) in [6, 6.07) is 6.58. The molecule has 0 fully saturated rings. The van der Waals surface area contributed by atoms with Crippen molar-refractivity contribution in [2.45, 2.75) is 12.5 Å². The SMILES string of the molecule is C=CCNC(=O)CNC(=O)CC(O)c1ccc(Cl)cc1. The van der Waals surface area contributed by atoms with Crippen molar-refractivity contribution in [2.75, 3.05) is 13.1 Å². The molecule has 0 spiro atoms. The zero-order chi connectivity index (χ0) is 15.0. The molecule has 0 aromatic heterocycles. The number of halogens is 1. The van der Waals surface area contributed by atoms with Gasteiger partial charge in [0.05, 0.1) is 19.1 Å². The molecule has 20 heavy (non-hydrogen) atoms. The maximum atomic E-state index is 11.6. The van der Waals surface area contributed by atoms with E-state index in [1.54, 1.807) is 30.3 Å². The van der Waals surface area contributed by atoms with Gasteiger partial charge in [-0.1, -0.05) is 29.8 Å². The Bertz CT molecular complexity index is 474. The summed E-state index contributed by atoms with van der Waals surface area (Å²) in [6.07, 6.45) is 0.504. The molecule has 1 aromatic carbocycles. The molecule has 0 aliphatic heterocycles. The normalized spacial score (nSPS) is 11.5. The molecule has 2 amide bonds. The Balaban J connectivity index is 2.36. The van der Waals surface area contributed by atoms with Crippen molar-refractivity contribution in [3.8, 4) is 0 Å². The van der Waals surface area contributed by atoms with Crippen LogP contribution in [0.2, 0.25) is 5.02 Å². The molecular formula is C14H17ClN2O3. The van der Waals surface area contributed by atoms with Gasteiger partial charge in [-0.3, -0.25) is 9.59 Å². The smallest absolute Gasteiger partial charge is 0.239 e. The number of amides is 2. The fourth-order valence-electron chi connectivity index (χ4n) is 1.48. The fraction of sp³-hybridized carbons (Fsp3) is 0.286. The van der Waals surface area contributed by atoms with Crippen LogP contribution in [-0.2, 0) is 9.59 Å². The van der Waals surface area contributed by atoms with E-state index in [9.17, 15) is 14.7 Å². The Hall–Kier alpha value is -1.85. The maximum absolute atomic E-state index is 11.6. The van der Waals surface area contributed by atoms with Crippen LogP contribution in [-0.4, -0.2) is 30.0 Å². The molecule has 1 unspecified atom stereocenters. The van der Waals surface area contributed by atoms with E-state index in [1.165, 1.54) is 0 Å². The quantitative estimate of drug-likeness (QED) is 0.661. The first-order valence-corrected chi connectivity index (χ1v) is 6.48. The van der Waals surface area contributed by atoms with Gasteiger partial charge in [-0.25, -0.2) is 0 Å². The van der Waals surface area contributed by atoms with Crippen molar-refractivity contribution in [2.24, 2.45) is 0 Å². The van der Waals surface area contributed by atoms with Gasteiger partial charge in [-0.05, 0) is 17.7 Å². The number of aliphatic hydroxyl groups is 1. The number of hydrogen-bond acceptors (Lipinski definition) is 3. The summed E-state index contributed by atoms with van der Waals surface area (Å²) in [5, 5.41) is 15.4. The molecule has 1 atom stereocenters.